The number of pyridine rings is 1. The summed E-state index contributed by atoms with van der Waals surface area (Å²) in [6.45, 7) is 0.328. The molecule has 1 aromatic heterocycles. The zero-order valence-electron chi connectivity index (χ0n) is 7.99. The maximum absolute atomic E-state index is 11.2. The van der Waals surface area contributed by atoms with Gasteiger partial charge in [-0.2, -0.15) is 0 Å². The Hall–Kier alpha value is -1.62. The van der Waals surface area contributed by atoms with Crippen LogP contribution in [0.3, 0.4) is 0 Å². The number of methoxy groups -OCH3 is 1. The van der Waals surface area contributed by atoms with E-state index in [1.165, 1.54) is 7.11 Å². The van der Waals surface area contributed by atoms with Crippen LogP contribution in [-0.4, -0.2) is 24.5 Å². The Bertz CT molecular complexity index is 315. The molecule has 0 saturated heterocycles. The normalized spacial score (nSPS) is 9.57. The number of ether oxygens (including phenoxy) is 1. The summed E-state index contributed by atoms with van der Waals surface area (Å²) in [6, 6.07) is 3.45. The summed E-state index contributed by atoms with van der Waals surface area (Å²) in [4.78, 5) is 15.1. The van der Waals surface area contributed by atoms with E-state index in [0.29, 0.717) is 18.1 Å². The Morgan fingerprint density at radius 1 is 1.71 bits per heavy atom. The average molecular weight is 195 g/mol. The Morgan fingerprint density at radius 2 is 2.50 bits per heavy atom. The molecule has 14 heavy (non-hydrogen) atoms. The van der Waals surface area contributed by atoms with Gasteiger partial charge in [0.05, 0.1) is 7.11 Å². The van der Waals surface area contributed by atoms with Crippen LogP contribution in [0.5, 0.6) is 5.88 Å². The van der Waals surface area contributed by atoms with Gasteiger partial charge < -0.3 is 15.8 Å². The van der Waals surface area contributed by atoms with E-state index < -0.39 is 0 Å². The molecule has 0 radical (unpaired) electrons. The Labute approximate surface area is 82.3 Å². The fourth-order valence-electron chi connectivity index (χ4n) is 0.992. The number of rotatable bonds is 4. The molecule has 0 saturated carbocycles. The van der Waals surface area contributed by atoms with Crippen molar-refractivity contribution in [3.63, 3.8) is 0 Å². The molecule has 5 heteroatoms. The predicted octanol–water partition coefficient (Wildman–Crippen LogP) is 0.378. The van der Waals surface area contributed by atoms with Crippen LogP contribution in [0, 0.1) is 0 Å². The number of nitrogens with one attached hydrogen (secondary N) is 1. The molecule has 5 nitrogen and oxygen atoms in total. The van der Waals surface area contributed by atoms with Crippen molar-refractivity contribution in [3.05, 3.63) is 18.3 Å². The molecular weight excluding hydrogens is 182 g/mol. The molecule has 0 aromatic carbocycles. The van der Waals surface area contributed by atoms with Crippen LogP contribution in [0.4, 0.5) is 5.69 Å². The zero-order chi connectivity index (χ0) is 10.4. The van der Waals surface area contributed by atoms with E-state index in [-0.39, 0.29) is 12.3 Å². The Kier molecular flexibility index (Phi) is 3.87. The van der Waals surface area contributed by atoms with Crippen molar-refractivity contribution in [3.8, 4) is 5.88 Å². The Morgan fingerprint density at radius 3 is 3.14 bits per heavy atom. The topological polar surface area (TPSA) is 77.2 Å². The highest BCUT2D eigenvalue weighted by Crippen LogP contribution is 2.19. The van der Waals surface area contributed by atoms with Crippen molar-refractivity contribution in [2.45, 2.75) is 6.42 Å². The van der Waals surface area contributed by atoms with Gasteiger partial charge in [0.15, 0.2) is 0 Å². The van der Waals surface area contributed by atoms with Crippen LogP contribution >= 0.6 is 0 Å². The van der Waals surface area contributed by atoms with Crippen LogP contribution in [0.2, 0.25) is 0 Å². The first kappa shape index (κ1) is 10.5. The van der Waals surface area contributed by atoms with Gasteiger partial charge in [0, 0.05) is 19.2 Å². The number of amides is 1. The third-order valence-corrected chi connectivity index (χ3v) is 1.61. The van der Waals surface area contributed by atoms with E-state index in [1.54, 1.807) is 18.3 Å². The van der Waals surface area contributed by atoms with E-state index in [0.717, 1.165) is 0 Å². The number of nitrogens with two attached hydrogens (primary N) is 1. The fraction of sp³-hybridized carbons (Fsp3) is 0.333. The SMILES string of the molecule is COc1ncccc1NC(=O)CCN. The first-order valence-electron chi connectivity index (χ1n) is 4.27. The minimum Gasteiger partial charge on any atom is -0.480 e. The molecule has 1 aromatic rings. The second kappa shape index (κ2) is 5.18. The molecule has 1 heterocycles. The molecule has 0 aliphatic heterocycles. The number of nitrogens with zero attached hydrogens (tertiary/aromatic N) is 1. The van der Waals surface area contributed by atoms with E-state index in [9.17, 15) is 4.79 Å². The standard InChI is InChI=1S/C9H13N3O2/c1-14-9-7(3-2-6-11-9)12-8(13)4-5-10/h2-3,6H,4-5,10H2,1H3,(H,12,13). The molecule has 0 aliphatic rings. The van der Waals surface area contributed by atoms with Crippen LogP contribution in [0.15, 0.2) is 18.3 Å². The highest BCUT2D eigenvalue weighted by atomic mass is 16.5. The summed E-state index contributed by atoms with van der Waals surface area (Å²) in [5.74, 6) is 0.261. The van der Waals surface area contributed by atoms with Crippen molar-refractivity contribution in [2.24, 2.45) is 5.73 Å². The molecule has 0 spiro atoms. The number of hydrogen-bond donors (Lipinski definition) is 2. The molecule has 0 unspecified atom stereocenters. The molecule has 0 fully saturated rings. The smallest absolute Gasteiger partial charge is 0.237 e. The van der Waals surface area contributed by atoms with E-state index >= 15 is 0 Å². The maximum atomic E-state index is 11.2. The molecule has 0 atom stereocenters. The third-order valence-electron chi connectivity index (χ3n) is 1.61. The molecule has 0 aliphatic carbocycles. The third kappa shape index (κ3) is 2.70. The summed E-state index contributed by atoms with van der Waals surface area (Å²) in [7, 11) is 1.50. The molecule has 76 valence electrons. The summed E-state index contributed by atoms with van der Waals surface area (Å²) in [5.41, 5.74) is 5.81. The number of aromatic nitrogens is 1. The monoisotopic (exact) mass is 195 g/mol. The first-order valence-corrected chi connectivity index (χ1v) is 4.27. The zero-order valence-corrected chi connectivity index (χ0v) is 7.99. The van der Waals surface area contributed by atoms with E-state index in [4.69, 9.17) is 10.5 Å². The van der Waals surface area contributed by atoms with Crippen LogP contribution in [0.25, 0.3) is 0 Å². The highest BCUT2D eigenvalue weighted by molar-refractivity contribution is 5.91. The van der Waals surface area contributed by atoms with Crippen LogP contribution < -0.4 is 15.8 Å². The number of carbonyl (C=O) groups is 1. The van der Waals surface area contributed by atoms with Gasteiger partial charge in [-0.3, -0.25) is 4.79 Å². The van der Waals surface area contributed by atoms with Crippen molar-refractivity contribution < 1.29 is 9.53 Å². The minimum atomic E-state index is -0.140. The van der Waals surface area contributed by atoms with Gasteiger partial charge in [0.25, 0.3) is 0 Å². The first-order chi connectivity index (χ1) is 6.77. The molecular formula is C9H13N3O2. The van der Waals surface area contributed by atoms with Gasteiger partial charge in [0.1, 0.15) is 5.69 Å². The van der Waals surface area contributed by atoms with E-state index in [2.05, 4.69) is 10.3 Å². The van der Waals surface area contributed by atoms with Crippen molar-refractivity contribution in [2.75, 3.05) is 19.0 Å². The predicted molar refractivity (Wildman–Crippen MR) is 53.1 cm³/mol. The lowest BCUT2D eigenvalue weighted by Gasteiger charge is -2.07. The lowest BCUT2D eigenvalue weighted by molar-refractivity contribution is -0.116. The van der Waals surface area contributed by atoms with Gasteiger partial charge >= 0.3 is 0 Å². The molecule has 3 N–H and O–H groups in total. The largest absolute Gasteiger partial charge is 0.480 e. The molecule has 1 rings (SSSR count). The summed E-state index contributed by atoms with van der Waals surface area (Å²) in [5, 5.41) is 2.66. The van der Waals surface area contributed by atoms with Gasteiger partial charge in [-0.1, -0.05) is 0 Å². The van der Waals surface area contributed by atoms with E-state index in [1.807, 2.05) is 0 Å². The summed E-state index contributed by atoms with van der Waals surface area (Å²) < 4.78 is 4.97. The molecule has 1 amide bonds. The van der Waals surface area contributed by atoms with Gasteiger partial charge in [0.2, 0.25) is 11.8 Å². The average Bonchev–Trinajstić information content (AvgIpc) is 2.19. The lowest BCUT2D eigenvalue weighted by atomic mass is 10.3. The quantitative estimate of drug-likeness (QED) is 0.728. The van der Waals surface area contributed by atoms with Crippen LogP contribution in [-0.2, 0) is 4.79 Å². The number of carbonyl (C=O) groups excluding carboxylic acids is 1. The van der Waals surface area contributed by atoms with Crippen molar-refractivity contribution in [1.29, 1.82) is 0 Å². The van der Waals surface area contributed by atoms with Gasteiger partial charge in [-0.05, 0) is 12.1 Å². The number of hydrogen-bond acceptors (Lipinski definition) is 4. The maximum Gasteiger partial charge on any atom is 0.237 e. The Balaban J connectivity index is 2.70. The second-order valence-electron chi connectivity index (χ2n) is 2.65. The summed E-state index contributed by atoms with van der Waals surface area (Å²) >= 11 is 0. The minimum absolute atomic E-state index is 0.140. The molecule has 0 bridgehead atoms. The van der Waals surface area contributed by atoms with Gasteiger partial charge in [-0.15, -0.1) is 0 Å². The van der Waals surface area contributed by atoms with Crippen molar-refractivity contribution >= 4 is 11.6 Å². The lowest BCUT2D eigenvalue weighted by Crippen LogP contribution is -2.16. The van der Waals surface area contributed by atoms with Gasteiger partial charge in [-0.25, -0.2) is 4.98 Å². The fourth-order valence-corrected chi connectivity index (χ4v) is 0.992. The second-order valence-corrected chi connectivity index (χ2v) is 2.65. The van der Waals surface area contributed by atoms with Crippen LogP contribution in [0.1, 0.15) is 6.42 Å². The van der Waals surface area contributed by atoms with Crippen molar-refractivity contribution in [1.82, 2.24) is 4.98 Å². The number of anilines is 1. The highest BCUT2D eigenvalue weighted by Gasteiger charge is 2.06. The summed E-state index contributed by atoms with van der Waals surface area (Å²) in [6.07, 6.45) is 1.88.